The van der Waals surface area contributed by atoms with Crippen LogP contribution in [0.3, 0.4) is 0 Å². The van der Waals surface area contributed by atoms with Gasteiger partial charge in [-0.25, -0.2) is 9.37 Å². The third-order valence-electron chi connectivity index (χ3n) is 4.54. The second kappa shape index (κ2) is 10.5. The lowest BCUT2D eigenvalue weighted by atomic mass is 9.84. The van der Waals surface area contributed by atoms with Crippen LogP contribution in [0.1, 0.15) is 31.4 Å². The van der Waals surface area contributed by atoms with E-state index in [0.29, 0.717) is 29.6 Å². The number of aromatic nitrogens is 1. The molecule has 1 heterocycles. The van der Waals surface area contributed by atoms with E-state index in [1.807, 2.05) is 0 Å². The normalized spacial score (nSPS) is 19.2. The van der Waals surface area contributed by atoms with Gasteiger partial charge in [-0.1, -0.05) is 12.8 Å². The molecule has 1 saturated carbocycles. The molecule has 1 aliphatic carbocycles. The highest BCUT2D eigenvalue weighted by Gasteiger charge is 2.25. The van der Waals surface area contributed by atoms with E-state index in [9.17, 15) is 9.18 Å². The van der Waals surface area contributed by atoms with Crippen LogP contribution < -0.4 is 11.1 Å². The topological polar surface area (TPSA) is 81.1 Å². The molecule has 0 saturated heterocycles. The van der Waals surface area contributed by atoms with Crippen LogP contribution in [-0.2, 0) is 11.2 Å². The number of oxazole rings is 1. The zero-order chi connectivity index (χ0) is 16.9. The first-order valence-electron chi connectivity index (χ1n) is 8.35. The Kier molecular flexibility index (Phi) is 9.05. The molecule has 0 spiro atoms. The van der Waals surface area contributed by atoms with E-state index in [1.54, 1.807) is 12.1 Å². The number of halogens is 3. The smallest absolute Gasteiger partial charge is 0.226 e. The molecule has 5 nitrogen and oxygen atoms in total. The Morgan fingerprint density at radius 3 is 2.62 bits per heavy atom. The van der Waals surface area contributed by atoms with E-state index in [0.717, 1.165) is 19.3 Å². The monoisotopic (exact) mass is 403 g/mol. The fraction of sp³-hybridized carbons (Fsp3) is 0.444. The molecular weight excluding hydrogens is 380 g/mol. The van der Waals surface area contributed by atoms with Crippen molar-refractivity contribution in [2.45, 2.75) is 38.1 Å². The van der Waals surface area contributed by atoms with Crippen molar-refractivity contribution in [3.05, 3.63) is 42.0 Å². The van der Waals surface area contributed by atoms with E-state index in [1.165, 1.54) is 24.8 Å². The van der Waals surface area contributed by atoms with Crippen LogP contribution >= 0.6 is 24.8 Å². The molecule has 2 atom stereocenters. The first kappa shape index (κ1) is 22.4. The van der Waals surface area contributed by atoms with Crippen LogP contribution in [0.4, 0.5) is 4.39 Å². The molecule has 2 unspecified atom stereocenters. The summed E-state index contributed by atoms with van der Waals surface area (Å²) in [5.74, 6) is 0.358. The number of rotatable bonds is 5. The number of carbonyl (C=O) groups is 1. The molecule has 3 N–H and O–H groups in total. The Hall–Kier alpha value is -1.63. The van der Waals surface area contributed by atoms with Crippen molar-refractivity contribution >= 4 is 30.7 Å². The van der Waals surface area contributed by atoms with Crippen molar-refractivity contribution in [3.8, 4) is 11.5 Å². The Morgan fingerprint density at radius 2 is 1.92 bits per heavy atom. The van der Waals surface area contributed by atoms with Gasteiger partial charge in [0.15, 0.2) is 0 Å². The first-order valence-corrected chi connectivity index (χ1v) is 8.35. The minimum atomic E-state index is -0.313. The molecule has 1 aromatic carbocycles. The van der Waals surface area contributed by atoms with Crippen molar-refractivity contribution in [1.29, 1.82) is 0 Å². The average Bonchev–Trinajstić information content (AvgIpc) is 3.04. The zero-order valence-corrected chi connectivity index (χ0v) is 16.0. The summed E-state index contributed by atoms with van der Waals surface area (Å²) in [6, 6.07) is 6.04. The van der Waals surface area contributed by atoms with Crippen molar-refractivity contribution in [3.63, 3.8) is 0 Å². The summed E-state index contributed by atoms with van der Waals surface area (Å²) >= 11 is 0. The molecule has 0 aliphatic heterocycles. The summed E-state index contributed by atoms with van der Waals surface area (Å²) in [4.78, 5) is 16.6. The van der Waals surface area contributed by atoms with Crippen LogP contribution in [0.25, 0.3) is 11.5 Å². The van der Waals surface area contributed by atoms with Gasteiger partial charge in [-0.05, 0) is 49.6 Å². The first-order chi connectivity index (χ1) is 11.7. The van der Waals surface area contributed by atoms with Gasteiger partial charge in [0.05, 0.1) is 12.1 Å². The van der Waals surface area contributed by atoms with Crippen molar-refractivity contribution in [1.82, 2.24) is 10.3 Å². The standard InChI is InChI=1S/C18H22FN3O2.2ClH/c19-14-7-5-12(6-8-14)18-21-15(11-24-18)9-17(23)22-16-4-2-1-3-13(16)10-20;;/h5-8,11,13,16H,1-4,9-10,20H2,(H,22,23);2*1H. The van der Waals surface area contributed by atoms with Gasteiger partial charge in [0.2, 0.25) is 11.8 Å². The second-order valence-electron chi connectivity index (χ2n) is 6.28. The van der Waals surface area contributed by atoms with Gasteiger partial charge in [0.25, 0.3) is 0 Å². The molecule has 8 heteroatoms. The Morgan fingerprint density at radius 1 is 1.23 bits per heavy atom. The molecule has 144 valence electrons. The number of hydrogen-bond acceptors (Lipinski definition) is 4. The molecule has 3 rings (SSSR count). The Labute approximate surface area is 164 Å². The maximum Gasteiger partial charge on any atom is 0.226 e. The van der Waals surface area contributed by atoms with Gasteiger partial charge in [-0.3, -0.25) is 4.79 Å². The van der Waals surface area contributed by atoms with Gasteiger partial charge in [0.1, 0.15) is 12.1 Å². The molecule has 1 aromatic heterocycles. The summed E-state index contributed by atoms with van der Waals surface area (Å²) in [6.45, 7) is 0.601. The highest BCUT2D eigenvalue weighted by Crippen LogP contribution is 2.24. The molecular formula is C18H24Cl2FN3O2. The molecule has 1 fully saturated rings. The Balaban J connectivity index is 0.00000169. The van der Waals surface area contributed by atoms with E-state index < -0.39 is 0 Å². The quantitative estimate of drug-likeness (QED) is 0.799. The SMILES string of the molecule is Cl.Cl.NCC1CCCCC1NC(=O)Cc1coc(-c2ccc(F)cc2)n1. The van der Waals surface area contributed by atoms with Gasteiger partial charge in [0, 0.05) is 11.6 Å². The lowest BCUT2D eigenvalue weighted by Gasteiger charge is -2.31. The summed E-state index contributed by atoms with van der Waals surface area (Å²) in [5, 5.41) is 3.07. The van der Waals surface area contributed by atoms with Gasteiger partial charge in [-0.15, -0.1) is 24.8 Å². The minimum Gasteiger partial charge on any atom is -0.444 e. The molecule has 26 heavy (non-hydrogen) atoms. The highest BCUT2D eigenvalue weighted by molar-refractivity contribution is 5.85. The predicted molar refractivity (Wildman–Crippen MR) is 103 cm³/mol. The summed E-state index contributed by atoms with van der Waals surface area (Å²) in [6.07, 6.45) is 5.99. The summed E-state index contributed by atoms with van der Waals surface area (Å²) in [5.41, 5.74) is 7.04. The predicted octanol–water partition coefficient (Wildman–Crippen LogP) is 3.50. The van der Waals surface area contributed by atoms with Gasteiger partial charge >= 0.3 is 0 Å². The van der Waals surface area contributed by atoms with E-state index in [4.69, 9.17) is 10.2 Å². The molecule has 2 aromatic rings. The third kappa shape index (κ3) is 5.69. The number of carbonyl (C=O) groups excluding carboxylic acids is 1. The lowest BCUT2D eigenvalue weighted by molar-refractivity contribution is -0.121. The van der Waals surface area contributed by atoms with Gasteiger partial charge in [-0.2, -0.15) is 0 Å². The number of benzene rings is 1. The van der Waals surface area contributed by atoms with Crippen LogP contribution in [0.5, 0.6) is 0 Å². The van der Waals surface area contributed by atoms with Crippen LogP contribution in [-0.4, -0.2) is 23.5 Å². The Bertz CT molecular complexity index is 694. The van der Waals surface area contributed by atoms with Crippen molar-refractivity contribution in [2.75, 3.05) is 6.54 Å². The van der Waals surface area contributed by atoms with Crippen LogP contribution in [0, 0.1) is 11.7 Å². The minimum absolute atomic E-state index is 0. The summed E-state index contributed by atoms with van der Waals surface area (Å²) < 4.78 is 18.3. The molecule has 0 bridgehead atoms. The maximum atomic E-state index is 13.0. The van der Waals surface area contributed by atoms with E-state index >= 15 is 0 Å². The number of hydrogen-bond donors (Lipinski definition) is 2. The van der Waals surface area contributed by atoms with Gasteiger partial charge < -0.3 is 15.5 Å². The van der Waals surface area contributed by atoms with E-state index in [2.05, 4.69) is 10.3 Å². The number of nitrogens with one attached hydrogen (secondary N) is 1. The fourth-order valence-corrected chi connectivity index (χ4v) is 3.22. The average molecular weight is 404 g/mol. The van der Waals surface area contributed by atoms with E-state index in [-0.39, 0.29) is 49.0 Å². The van der Waals surface area contributed by atoms with Crippen molar-refractivity contribution in [2.24, 2.45) is 11.7 Å². The maximum absolute atomic E-state index is 13.0. The summed E-state index contributed by atoms with van der Waals surface area (Å²) in [7, 11) is 0. The third-order valence-corrected chi connectivity index (χ3v) is 4.54. The number of nitrogens with zero attached hydrogens (tertiary/aromatic N) is 1. The largest absolute Gasteiger partial charge is 0.444 e. The highest BCUT2D eigenvalue weighted by atomic mass is 35.5. The van der Waals surface area contributed by atoms with Crippen molar-refractivity contribution < 1.29 is 13.6 Å². The molecule has 1 amide bonds. The van der Waals surface area contributed by atoms with Crippen LogP contribution in [0.15, 0.2) is 34.9 Å². The second-order valence-corrected chi connectivity index (χ2v) is 6.28. The van der Waals surface area contributed by atoms with Crippen LogP contribution in [0.2, 0.25) is 0 Å². The lowest BCUT2D eigenvalue weighted by Crippen LogP contribution is -2.45. The zero-order valence-electron chi connectivity index (χ0n) is 14.3. The fourth-order valence-electron chi connectivity index (χ4n) is 3.22. The molecule has 1 aliphatic rings. The number of amides is 1. The molecule has 0 radical (unpaired) electrons. The number of nitrogens with two attached hydrogens (primary N) is 1.